The first-order valence-corrected chi connectivity index (χ1v) is 19.5. The number of benzene rings is 7. The Morgan fingerprint density at radius 1 is 0.560 bits per heavy atom. The summed E-state index contributed by atoms with van der Waals surface area (Å²) in [6.07, 6.45) is 0. The zero-order chi connectivity index (χ0) is 33.7. The second-order valence-electron chi connectivity index (χ2n) is 13.8. The second-order valence-corrected chi connectivity index (χ2v) is 16.8. The Labute approximate surface area is 307 Å². The Morgan fingerprint density at radius 3 is 1.92 bits per heavy atom. The molecule has 1 aliphatic rings. The van der Waals surface area contributed by atoms with Crippen LogP contribution in [0.25, 0.3) is 79.0 Å². The smallest absolute Gasteiger partial charge is 0.0637 e. The molecule has 0 saturated heterocycles. The first-order valence-electron chi connectivity index (χ1n) is 17.1. The summed E-state index contributed by atoms with van der Waals surface area (Å²) in [5.41, 5.74) is 10.8. The molecular weight excluding hydrogens is 711 g/mol. The number of aromatic nitrogens is 1. The number of hydrogen-bond acceptors (Lipinski definition) is 2. The molecule has 0 unspecified atom stereocenters. The van der Waals surface area contributed by atoms with Crippen LogP contribution in [0.3, 0.4) is 0 Å². The van der Waals surface area contributed by atoms with Crippen molar-refractivity contribution in [1.29, 1.82) is 0 Å². The van der Waals surface area contributed by atoms with Crippen molar-refractivity contribution in [3.63, 3.8) is 0 Å². The largest absolute Gasteiger partial charge is 0.309 e. The summed E-state index contributed by atoms with van der Waals surface area (Å²) >= 11 is 7.46. The van der Waals surface area contributed by atoms with Crippen LogP contribution in [0, 0.1) is 6.92 Å². The molecule has 1 aliphatic carbocycles. The normalized spacial score (nSPS) is 13.4. The molecule has 3 heterocycles. The highest BCUT2D eigenvalue weighted by molar-refractivity contribution is 9.10. The van der Waals surface area contributed by atoms with E-state index in [9.17, 15) is 0 Å². The first-order chi connectivity index (χ1) is 24.4. The van der Waals surface area contributed by atoms with Crippen molar-refractivity contribution >= 4 is 101 Å². The highest BCUT2D eigenvalue weighted by atomic mass is 79.9. The predicted octanol–water partition coefficient (Wildman–Crippen LogP) is 14.6. The Morgan fingerprint density at radius 2 is 1.16 bits per heavy atom. The Bertz CT molecular complexity index is 2980. The van der Waals surface area contributed by atoms with Gasteiger partial charge in [0.05, 0.1) is 11.0 Å². The molecule has 4 heteroatoms. The van der Waals surface area contributed by atoms with E-state index in [0.717, 1.165) is 0 Å². The fourth-order valence-corrected chi connectivity index (χ4v) is 11.6. The van der Waals surface area contributed by atoms with E-state index < -0.39 is 0 Å². The van der Waals surface area contributed by atoms with Gasteiger partial charge in [-0.2, -0.15) is 0 Å². The van der Waals surface area contributed by atoms with E-state index in [0.29, 0.717) is 0 Å². The first kappa shape index (κ1) is 30.1. The van der Waals surface area contributed by atoms with Gasteiger partial charge in [0.1, 0.15) is 0 Å². The third kappa shape index (κ3) is 4.16. The van der Waals surface area contributed by atoms with E-state index in [1.54, 1.807) is 0 Å². The fraction of sp³-hybridized carbons (Fsp3) is 0.0870. The molecule has 0 N–H and O–H groups in total. The van der Waals surface area contributed by atoms with Crippen LogP contribution < -0.4 is 0 Å². The van der Waals surface area contributed by atoms with Gasteiger partial charge >= 0.3 is 0 Å². The Kier molecular flexibility index (Phi) is 6.70. The highest BCUT2D eigenvalue weighted by Crippen LogP contribution is 2.58. The molecule has 0 saturated carbocycles. The molecule has 0 bridgehead atoms. The molecular formula is C46H32BrNS2. The van der Waals surface area contributed by atoms with E-state index in [-0.39, 0.29) is 5.41 Å². The standard InChI is InChI=1S/C33H23NS.C13H9BrS/c1-33(2)24-17-9-6-14-21(24)28-30(33)27-22-15-7-10-18-25(22)34(20-12-4-3-5-13-20)31(27)29-23-16-8-11-19-26(23)35-32(28)29;1-8-6-7-10(14)12-9-4-2-3-5-11(9)15-13(8)12/h3-19H,1-2H3;2-7H,1H3. The number of aryl methyl sites for hydroxylation is 1. The van der Waals surface area contributed by atoms with Gasteiger partial charge in [0, 0.05) is 72.3 Å². The average molecular weight is 743 g/mol. The van der Waals surface area contributed by atoms with Crippen LogP contribution in [-0.2, 0) is 5.41 Å². The molecule has 7 aromatic carbocycles. The van der Waals surface area contributed by atoms with E-state index in [1.165, 1.54) is 100 Å². The molecule has 1 nitrogen and oxygen atoms in total. The Hall–Kier alpha value is -4.74. The zero-order valence-electron chi connectivity index (χ0n) is 27.9. The van der Waals surface area contributed by atoms with Crippen molar-refractivity contribution in [3.05, 3.63) is 161 Å². The van der Waals surface area contributed by atoms with Gasteiger partial charge in [-0.25, -0.2) is 0 Å². The summed E-state index contributed by atoms with van der Waals surface area (Å²) < 4.78 is 9.22. The lowest BCUT2D eigenvalue weighted by Gasteiger charge is -2.23. The third-order valence-corrected chi connectivity index (χ3v) is 13.8. The molecule has 10 aromatic rings. The maximum atomic E-state index is 3.64. The molecule has 11 rings (SSSR count). The molecule has 50 heavy (non-hydrogen) atoms. The number of fused-ring (bicyclic) bond motifs is 15. The van der Waals surface area contributed by atoms with E-state index in [2.05, 4.69) is 181 Å². The summed E-state index contributed by atoms with van der Waals surface area (Å²) in [4.78, 5) is 0. The number of thiophene rings is 2. The Balaban J connectivity index is 0.000000176. The van der Waals surface area contributed by atoms with Gasteiger partial charge < -0.3 is 4.57 Å². The van der Waals surface area contributed by atoms with Gasteiger partial charge in [-0.3, -0.25) is 0 Å². The minimum absolute atomic E-state index is 0.0832. The van der Waals surface area contributed by atoms with Gasteiger partial charge in [0.2, 0.25) is 0 Å². The maximum absolute atomic E-state index is 3.64. The van der Waals surface area contributed by atoms with Crippen LogP contribution in [0.15, 0.2) is 144 Å². The van der Waals surface area contributed by atoms with Crippen molar-refractivity contribution in [3.8, 4) is 16.8 Å². The van der Waals surface area contributed by atoms with Crippen molar-refractivity contribution in [2.75, 3.05) is 0 Å². The van der Waals surface area contributed by atoms with Crippen LogP contribution >= 0.6 is 38.6 Å². The van der Waals surface area contributed by atoms with Gasteiger partial charge in [0.25, 0.3) is 0 Å². The molecule has 0 aliphatic heterocycles. The lowest BCUT2D eigenvalue weighted by molar-refractivity contribution is 0.667. The van der Waals surface area contributed by atoms with E-state index in [1.807, 2.05) is 22.7 Å². The lowest BCUT2D eigenvalue weighted by atomic mass is 9.80. The van der Waals surface area contributed by atoms with Crippen molar-refractivity contribution in [2.24, 2.45) is 0 Å². The van der Waals surface area contributed by atoms with Crippen LogP contribution in [-0.4, -0.2) is 4.57 Å². The minimum Gasteiger partial charge on any atom is -0.309 e. The summed E-state index contributed by atoms with van der Waals surface area (Å²) in [7, 11) is 0. The van der Waals surface area contributed by atoms with Crippen LogP contribution in [0.4, 0.5) is 0 Å². The third-order valence-electron chi connectivity index (χ3n) is 10.6. The van der Waals surface area contributed by atoms with Gasteiger partial charge in [-0.05, 0) is 65.6 Å². The highest BCUT2D eigenvalue weighted by Gasteiger charge is 2.40. The minimum atomic E-state index is -0.0832. The summed E-state index contributed by atoms with van der Waals surface area (Å²) in [6.45, 7) is 6.99. The van der Waals surface area contributed by atoms with Crippen LogP contribution in [0.2, 0.25) is 0 Å². The molecule has 0 radical (unpaired) electrons. The summed E-state index contributed by atoms with van der Waals surface area (Å²) in [5.74, 6) is 0. The molecule has 240 valence electrons. The van der Waals surface area contributed by atoms with Crippen LogP contribution in [0.5, 0.6) is 0 Å². The molecule has 3 aromatic heterocycles. The lowest BCUT2D eigenvalue weighted by Crippen LogP contribution is -2.15. The van der Waals surface area contributed by atoms with Gasteiger partial charge in [0.15, 0.2) is 0 Å². The molecule has 0 spiro atoms. The number of para-hydroxylation sites is 2. The monoisotopic (exact) mass is 741 g/mol. The zero-order valence-corrected chi connectivity index (χ0v) is 31.1. The fourth-order valence-electron chi connectivity index (χ4n) is 8.45. The second kappa shape index (κ2) is 11.1. The van der Waals surface area contributed by atoms with Crippen molar-refractivity contribution in [1.82, 2.24) is 4.57 Å². The summed E-state index contributed by atoms with van der Waals surface area (Å²) in [5, 5.41) is 8.18. The number of hydrogen-bond donors (Lipinski definition) is 0. The van der Waals surface area contributed by atoms with Crippen LogP contribution in [0.1, 0.15) is 30.5 Å². The predicted molar refractivity (Wildman–Crippen MR) is 223 cm³/mol. The topological polar surface area (TPSA) is 4.93 Å². The number of nitrogens with zero attached hydrogens (tertiary/aromatic N) is 1. The SMILES string of the molecule is CC1(C)c2ccccc2-c2c1c1c3ccccc3n(-c3ccccc3)c1c1c2sc2ccccc21.Cc1ccc(Br)c2c1sc1ccccc12. The van der Waals surface area contributed by atoms with E-state index >= 15 is 0 Å². The van der Waals surface area contributed by atoms with Gasteiger partial charge in [-0.1, -0.05) is 133 Å². The number of halogens is 1. The van der Waals surface area contributed by atoms with Gasteiger partial charge in [-0.15, -0.1) is 22.7 Å². The molecule has 0 atom stereocenters. The van der Waals surface area contributed by atoms with Crippen molar-refractivity contribution in [2.45, 2.75) is 26.2 Å². The number of rotatable bonds is 1. The van der Waals surface area contributed by atoms with Crippen molar-refractivity contribution < 1.29 is 0 Å². The molecule has 0 fully saturated rings. The van der Waals surface area contributed by atoms with E-state index in [4.69, 9.17) is 0 Å². The average Bonchev–Trinajstić information content (AvgIpc) is 3.88. The maximum Gasteiger partial charge on any atom is 0.0637 e. The summed E-state index contributed by atoms with van der Waals surface area (Å²) in [6, 6.07) is 50.7. The molecule has 0 amide bonds. The quantitative estimate of drug-likeness (QED) is 0.158.